The van der Waals surface area contributed by atoms with E-state index in [4.69, 9.17) is 5.11 Å². The van der Waals surface area contributed by atoms with E-state index in [0.717, 1.165) is 12.5 Å². The first-order valence-electron chi connectivity index (χ1n) is 6.83. The van der Waals surface area contributed by atoms with E-state index in [1.165, 1.54) is 32.4 Å². The average molecular weight is 226 g/mol. The van der Waals surface area contributed by atoms with E-state index in [0.29, 0.717) is 24.6 Å². The molecule has 0 bridgehead atoms. The smallest absolute Gasteiger partial charge is 0.0445 e. The summed E-state index contributed by atoms with van der Waals surface area (Å²) in [7, 11) is 0. The molecular weight excluding hydrogens is 200 g/mol. The Morgan fingerprint density at radius 3 is 2.81 bits per heavy atom. The zero-order valence-corrected chi connectivity index (χ0v) is 10.7. The molecule has 0 radical (unpaired) electrons. The highest BCUT2D eigenvalue weighted by molar-refractivity contribution is 4.97. The van der Waals surface area contributed by atoms with Gasteiger partial charge in [-0.15, -0.1) is 0 Å². The van der Waals surface area contributed by atoms with Crippen molar-refractivity contribution in [1.29, 1.82) is 0 Å². The van der Waals surface area contributed by atoms with Gasteiger partial charge in [0.1, 0.15) is 0 Å². The maximum atomic E-state index is 9.10. The molecule has 3 atom stereocenters. The predicted octanol–water partition coefficient (Wildman–Crippen LogP) is 1.22. The quantitative estimate of drug-likeness (QED) is 0.740. The van der Waals surface area contributed by atoms with Crippen LogP contribution in [0.5, 0.6) is 0 Å². The summed E-state index contributed by atoms with van der Waals surface area (Å²) in [6, 6.07) is 1.93. The summed E-state index contributed by atoms with van der Waals surface area (Å²) < 4.78 is 0. The number of aliphatic hydroxyl groups excluding tert-OH is 1. The van der Waals surface area contributed by atoms with E-state index in [-0.39, 0.29) is 0 Å². The van der Waals surface area contributed by atoms with E-state index in [1.54, 1.807) is 0 Å². The van der Waals surface area contributed by atoms with Crippen LogP contribution in [0, 0.1) is 5.92 Å². The molecule has 2 aliphatic rings. The summed E-state index contributed by atoms with van der Waals surface area (Å²) in [5, 5.41) is 12.9. The lowest BCUT2D eigenvalue weighted by Gasteiger charge is -2.29. The van der Waals surface area contributed by atoms with Gasteiger partial charge in [-0.1, -0.05) is 13.8 Å². The van der Waals surface area contributed by atoms with Gasteiger partial charge in [-0.2, -0.15) is 0 Å². The van der Waals surface area contributed by atoms with Crippen LogP contribution in [0.15, 0.2) is 0 Å². The molecule has 0 saturated carbocycles. The minimum atomic E-state index is 0.303. The molecule has 0 aromatic rings. The number of hydrogen-bond donors (Lipinski definition) is 2. The van der Waals surface area contributed by atoms with E-state index < -0.39 is 0 Å². The van der Waals surface area contributed by atoms with Crippen molar-refractivity contribution in [3.63, 3.8) is 0 Å². The van der Waals surface area contributed by atoms with Crippen LogP contribution in [0.2, 0.25) is 0 Å². The summed E-state index contributed by atoms with van der Waals surface area (Å²) in [5.74, 6) is 0.614. The van der Waals surface area contributed by atoms with Crippen molar-refractivity contribution in [1.82, 2.24) is 10.2 Å². The van der Waals surface area contributed by atoms with Crippen molar-refractivity contribution in [3.8, 4) is 0 Å². The Balaban J connectivity index is 1.87. The van der Waals surface area contributed by atoms with Gasteiger partial charge in [-0.05, 0) is 38.1 Å². The molecule has 2 N–H and O–H groups in total. The maximum Gasteiger partial charge on any atom is 0.0445 e. The van der Waals surface area contributed by atoms with Crippen LogP contribution >= 0.6 is 0 Å². The molecule has 2 rings (SSSR count). The van der Waals surface area contributed by atoms with Gasteiger partial charge in [0.05, 0.1) is 0 Å². The fraction of sp³-hybridized carbons (Fsp3) is 1.00. The molecule has 0 aromatic heterocycles. The first-order valence-corrected chi connectivity index (χ1v) is 6.83. The molecule has 3 nitrogen and oxygen atoms in total. The van der Waals surface area contributed by atoms with Crippen molar-refractivity contribution in [3.05, 3.63) is 0 Å². The molecule has 94 valence electrons. The SMILES string of the molecule is CC(C)C(CCO)NC1CCN2CCCC12. The molecule has 0 amide bonds. The van der Waals surface area contributed by atoms with E-state index in [1.807, 2.05) is 0 Å². The second kappa shape index (κ2) is 5.48. The first kappa shape index (κ1) is 12.3. The Bertz CT molecular complexity index is 220. The van der Waals surface area contributed by atoms with E-state index in [9.17, 15) is 0 Å². The van der Waals surface area contributed by atoms with Crippen molar-refractivity contribution in [2.24, 2.45) is 5.92 Å². The van der Waals surface area contributed by atoms with Crippen LogP contribution < -0.4 is 5.32 Å². The Morgan fingerprint density at radius 1 is 1.31 bits per heavy atom. The Kier molecular flexibility index (Phi) is 4.22. The third-order valence-corrected chi connectivity index (χ3v) is 4.28. The molecule has 3 heteroatoms. The Hall–Kier alpha value is -0.120. The number of rotatable bonds is 5. The van der Waals surface area contributed by atoms with Gasteiger partial charge in [-0.25, -0.2) is 0 Å². The average Bonchev–Trinajstić information content (AvgIpc) is 2.81. The van der Waals surface area contributed by atoms with E-state index >= 15 is 0 Å². The third kappa shape index (κ3) is 2.58. The number of fused-ring (bicyclic) bond motifs is 1. The molecule has 0 aliphatic carbocycles. The zero-order valence-electron chi connectivity index (χ0n) is 10.7. The second-order valence-electron chi connectivity index (χ2n) is 5.67. The number of nitrogens with one attached hydrogen (secondary N) is 1. The zero-order chi connectivity index (χ0) is 11.5. The summed E-state index contributed by atoms with van der Waals surface area (Å²) in [5.41, 5.74) is 0. The lowest BCUT2D eigenvalue weighted by Crippen LogP contribution is -2.46. The van der Waals surface area contributed by atoms with Gasteiger partial charge in [0.25, 0.3) is 0 Å². The van der Waals surface area contributed by atoms with Crippen molar-refractivity contribution >= 4 is 0 Å². The fourth-order valence-electron chi connectivity index (χ4n) is 3.30. The van der Waals surface area contributed by atoms with Gasteiger partial charge in [0.15, 0.2) is 0 Å². The highest BCUT2D eigenvalue weighted by Gasteiger charge is 2.37. The monoisotopic (exact) mass is 226 g/mol. The third-order valence-electron chi connectivity index (χ3n) is 4.28. The lowest BCUT2D eigenvalue weighted by atomic mass is 9.98. The van der Waals surface area contributed by atoms with Crippen LogP contribution in [-0.2, 0) is 0 Å². The molecule has 2 fully saturated rings. The fourth-order valence-corrected chi connectivity index (χ4v) is 3.30. The molecular formula is C13H26N2O. The van der Waals surface area contributed by atoms with Gasteiger partial charge in [0.2, 0.25) is 0 Å². The first-order chi connectivity index (χ1) is 7.72. The minimum Gasteiger partial charge on any atom is -0.396 e. The second-order valence-corrected chi connectivity index (χ2v) is 5.67. The number of nitrogens with zero attached hydrogens (tertiary/aromatic N) is 1. The van der Waals surface area contributed by atoms with Crippen LogP contribution in [0.1, 0.15) is 39.5 Å². The topological polar surface area (TPSA) is 35.5 Å². The van der Waals surface area contributed by atoms with Crippen LogP contribution in [0.25, 0.3) is 0 Å². The molecule has 16 heavy (non-hydrogen) atoms. The molecule has 2 saturated heterocycles. The Morgan fingerprint density at radius 2 is 2.12 bits per heavy atom. The highest BCUT2D eigenvalue weighted by atomic mass is 16.3. The van der Waals surface area contributed by atoms with Crippen molar-refractivity contribution < 1.29 is 5.11 Å². The molecule has 3 unspecified atom stereocenters. The van der Waals surface area contributed by atoms with Gasteiger partial charge >= 0.3 is 0 Å². The van der Waals surface area contributed by atoms with E-state index in [2.05, 4.69) is 24.1 Å². The normalized spacial score (nSPS) is 32.2. The number of aliphatic hydroxyl groups is 1. The van der Waals surface area contributed by atoms with Gasteiger partial charge < -0.3 is 10.4 Å². The summed E-state index contributed by atoms with van der Waals surface area (Å²) in [4.78, 5) is 2.63. The predicted molar refractivity (Wildman–Crippen MR) is 66.5 cm³/mol. The number of hydrogen-bond acceptors (Lipinski definition) is 3. The van der Waals surface area contributed by atoms with Crippen molar-refractivity contribution in [2.45, 2.75) is 57.7 Å². The van der Waals surface area contributed by atoms with Crippen LogP contribution in [-0.4, -0.2) is 47.8 Å². The minimum absolute atomic E-state index is 0.303. The Labute approximate surface area is 99.2 Å². The molecule has 0 aromatic carbocycles. The van der Waals surface area contributed by atoms with Crippen LogP contribution in [0.3, 0.4) is 0 Å². The molecule has 2 aliphatic heterocycles. The van der Waals surface area contributed by atoms with Gasteiger partial charge in [0, 0.05) is 31.3 Å². The van der Waals surface area contributed by atoms with Gasteiger partial charge in [-0.3, -0.25) is 4.90 Å². The van der Waals surface area contributed by atoms with Crippen LogP contribution in [0.4, 0.5) is 0 Å². The summed E-state index contributed by atoms with van der Waals surface area (Å²) >= 11 is 0. The molecule has 2 heterocycles. The lowest BCUT2D eigenvalue weighted by molar-refractivity contribution is 0.221. The highest BCUT2D eigenvalue weighted by Crippen LogP contribution is 2.28. The largest absolute Gasteiger partial charge is 0.396 e. The summed E-state index contributed by atoms with van der Waals surface area (Å²) in [6.07, 6.45) is 4.91. The summed E-state index contributed by atoms with van der Waals surface area (Å²) in [6.45, 7) is 7.36. The standard InChI is InChI=1S/C13H26N2O/c1-10(2)11(6-9-16)14-12-5-8-15-7-3-4-13(12)15/h10-14,16H,3-9H2,1-2H3. The molecule has 0 spiro atoms. The van der Waals surface area contributed by atoms with Crippen molar-refractivity contribution in [2.75, 3.05) is 19.7 Å². The maximum absolute atomic E-state index is 9.10.